The fourth-order valence-electron chi connectivity index (χ4n) is 1.93. The summed E-state index contributed by atoms with van der Waals surface area (Å²) in [5, 5.41) is 11.5. The number of hydrogen-bond donors (Lipinski definition) is 1. The Hall–Kier alpha value is -1.79. The predicted molar refractivity (Wildman–Crippen MR) is 84.1 cm³/mol. The van der Waals surface area contributed by atoms with Crippen LogP contribution < -0.4 is 10.1 Å². The molecule has 0 aliphatic rings. The minimum Gasteiger partial charge on any atom is -0.481 e. The van der Waals surface area contributed by atoms with Crippen LogP contribution in [0.15, 0.2) is 24.5 Å². The number of aryl methyl sites for hydroxylation is 1. The molecule has 0 radical (unpaired) electrons. The third-order valence-corrected chi connectivity index (χ3v) is 3.45. The molecule has 1 heterocycles. The van der Waals surface area contributed by atoms with Crippen molar-refractivity contribution in [3.05, 3.63) is 40.4 Å². The summed E-state index contributed by atoms with van der Waals surface area (Å²) >= 11 is 11.8. The first-order chi connectivity index (χ1) is 10.4. The van der Waals surface area contributed by atoms with Crippen molar-refractivity contribution in [2.45, 2.75) is 26.0 Å². The SMILES string of the molecule is CC(Oc1cc(Cl)cc(Cl)c1)C(=O)NC(C)c1nncn1C. The van der Waals surface area contributed by atoms with E-state index in [9.17, 15) is 4.79 Å². The van der Waals surface area contributed by atoms with Crippen LogP contribution in [0, 0.1) is 0 Å². The average Bonchev–Trinajstić information content (AvgIpc) is 2.83. The fraction of sp³-hybridized carbons (Fsp3) is 0.357. The Labute approximate surface area is 138 Å². The van der Waals surface area contributed by atoms with E-state index in [0.717, 1.165) is 0 Å². The molecule has 2 unspecified atom stereocenters. The molecule has 0 aliphatic carbocycles. The standard InChI is InChI=1S/C14H16Cl2N4O2/c1-8(13-19-17-7-20(13)3)18-14(21)9(2)22-12-5-10(15)4-11(16)6-12/h4-9H,1-3H3,(H,18,21). The first kappa shape index (κ1) is 16.6. The Morgan fingerprint density at radius 1 is 1.27 bits per heavy atom. The van der Waals surface area contributed by atoms with E-state index in [1.54, 1.807) is 36.0 Å². The minimum atomic E-state index is -0.704. The third-order valence-electron chi connectivity index (χ3n) is 3.01. The topological polar surface area (TPSA) is 69.0 Å². The molecule has 118 valence electrons. The molecule has 0 saturated heterocycles. The number of halogens is 2. The van der Waals surface area contributed by atoms with Crippen LogP contribution in [0.4, 0.5) is 0 Å². The summed E-state index contributed by atoms with van der Waals surface area (Å²) in [5.74, 6) is 0.824. The fourth-order valence-corrected chi connectivity index (χ4v) is 2.44. The van der Waals surface area contributed by atoms with Gasteiger partial charge in [0.2, 0.25) is 0 Å². The smallest absolute Gasteiger partial charge is 0.261 e. The van der Waals surface area contributed by atoms with Crippen LogP contribution in [0.5, 0.6) is 5.75 Å². The number of aromatic nitrogens is 3. The monoisotopic (exact) mass is 342 g/mol. The highest BCUT2D eigenvalue weighted by Crippen LogP contribution is 2.25. The lowest BCUT2D eigenvalue weighted by atomic mass is 10.2. The Morgan fingerprint density at radius 3 is 2.45 bits per heavy atom. The summed E-state index contributed by atoms with van der Waals surface area (Å²) < 4.78 is 7.31. The summed E-state index contributed by atoms with van der Waals surface area (Å²) in [6.07, 6.45) is 0.872. The number of nitrogens with zero attached hydrogens (tertiary/aromatic N) is 3. The molecule has 22 heavy (non-hydrogen) atoms. The summed E-state index contributed by atoms with van der Waals surface area (Å²) in [6.45, 7) is 3.47. The zero-order valence-corrected chi connectivity index (χ0v) is 13.9. The molecule has 2 atom stereocenters. The Bertz CT molecular complexity index is 654. The number of hydrogen-bond acceptors (Lipinski definition) is 4. The van der Waals surface area contributed by atoms with E-state index >= 15 is 0 Å². The minimum absolute atomic E-state index is 0.272. The average molecular weight is 343 g/mol. The number of nitrogens with one attached hydrogen (secondary N) is 1. The van der Waals surface area contributed by atoms with E-state index in [1.165, 1.54) is 0 Å². The highest BCUT2D eigenvalue weighted by atomic mass is 35.5. The van der Waals surface area contributed by atoms with Gasteiger partial charge in [-0.15, -0.1) is 10.2 Å². The first-order valence-corrected chi connectivity index (χ1v) is 7.39. The maximum absolute atomic E-state index is 12.2. The second-order valence-electron chi connectivity index (χ2n) is 4.90. The molecule has 0 aliphatic heterocycles. The largest absolute Gasteiger partial charge is 0.481 e. The van der Waals surface area contributed by atoms with Gasteiger partial charge in [-0.05, 0) is 32.0 Å². The lowest BCUT2D eigenvalue weighted by Crippen LogP contribution is -2.38. The molecule has 0 fully saturated rings. The Balaban J connectivity index is 1.98. The zero-order chi connectivity index (χ0) is 16.3. The lowest BCUT2D eigenvalue weighted by molar-refractivity contribution is -0.128. The maximum Gasteiger partial charge on any atom is 0.261 e. The molecule has 8 heteroatoms. The molecule has 1 amide bonds. The molecule has 0 saturated carbocycles. The van der Waals surface area contributed by atoms with E-state index in [-0.39, 0.29) is 11.9 Å². The summed E-state index contributed by atoms with van der Waals surface area (Å²) in [6, 6.07) is 4.51. The second-order valence-corrected chi connectivity index (χ2v) is 5.77. The number of benzene rings is 1. The van der Waals surface area contributed by atoms with Crippen molar-refractivity contribution < 1.29 is 9.53 Å². The summed E-state index contributed by atoms with van der Waals surface area (Å²) in [7, 11) is 1.81. The number of rotatable bonds is 5. The first-order valence-electron chi connectivity index (χ1n) is 6.64. The molecule has 0 spiro atoms. The molecular formula is C14H16Cl2N4O2. The van der Waals surface area contributed by atoms with Crippen LogP contribution in [-0.4, -0.2) is 26.8 Å². The van der Waals surface area contributed by atoms with Crippen LogP contribution in [0.25, 0.3) is 0 Å². The van der Waals surface area contributed by atoms with Crippen LogP contribution in [0.3, 0.4) is 0 Å². The Kier molecular flexibility index (Phi) is 5.26. The van der Waals surface area contributed by atoms with Crippen molar-refractivity contribution in [3.8, 4) is 5.75 Å². The van der Waals surface area contributed by atoms with Gasteiger partial charge >= 0.3 is 0 Å². The molecule has 1 aromatic carbocycles. The van der Waals surface area contributed by atoms with E-state index in [2.05, 4.69) is 15.5 Å². The van der Waals surface area contributed by atoms with Crippen LogP contribution in [0.1, 0.15) is 25.7 Å². The normalized spacial score (nSPS) is 13.5. The van der Waals surface area contributed by atoms with Crippen molar-refractivity contribution in [2.75, 3.05) is 0 Å². The van der Waals surface area contributed by atoms with Gasteiger partial charge in [-0.3, -0.25) is 4.79 Å². The molecule has 0 bridgehead atoms. The highest BCUT2D eigenvalue weighted by Gasteiger charge is 2.20. The van der Waals surface area contributed by atoms with E-state index in [0.29, 0.717) is 21.6 Å². The van der Waals surface area contributed by atoms with Gasteiger partial charge in [-0.1, -0.05) is 23.2 Å². The molecule has 1 N–H and O–H groups in total. The maximum atomic E-state index is 12.2. The quantitative estimate of drug-likeness (QED) is 0.906. The molecule has 2 aromatic rings. The summed E-state index contributed by atoms with van der Waals surface area (Å²) in [5.41, 5.74) is 0. The van der Waals surface area contributed by atoms with Gasteiger partial charge in [0.1, 0.15) is 12.1 Å². The van der Waals surface area contributed by atoms with E-state index < -0.39 is 6.10 Å². The van der Waals surface area contributed by atoms with Gasteiger partial charge in [-0.2, -0.15) is 0 Å². The third kappa shape index (κ3) is 4.11. The second kappa shape index (κ2) is 6.98. The number of ether oxygens (including phenoxy) is 1. The molecule has 2 rings (SSSR count). The van der Waals surface area contributed by atoms with Crippen molar-refractivity contribution in [1.82, 2.24) is 20.1 Å². The van der Waals surface area contributed by atoms with Crippen LogP contribution in [0.2, 0.25) is 10.0 Å². The molecule has 1 aromatic heterocycles. The van der Waals surface area contributed by atoms with Crippen LogP contribution in [-0.2, 0) is 11.8 Å². The number of carbonyl (C=O) groups is 1. The van der Waals surface area contributed by atoms with Gasteiger partial charge < -0.3 is 14.6 Å². The van der Waals surface area contributed by atoms with Crippen molar-refractivity contribution >= 4 is 29.1 Å². The van der Waals surface area contributed by atoms with Crippen molar-refractivity contribution in [2.24, 2.45) is 7.05 Å². The van der Waals surface area contributed by atoms with Crippen molar-refractivity contribution in [3.63, 3.8) is 0 Å². The predicted octanol–water partition coefficient (Wildman–Crippen LogP) is 2.77. The van der Waals surface area contributed by atoms with Gasteiger partial charge in [0.05, 0.1) is 6.04 Å². The van der Waals surface area contributed by atoms with E-state index in [4.69, 9.17) is 27.9 Å². The number of amides is 1. The molecular weight excluding hydrogens is 327 g/mol. The van der Waals surface area contributed by atoms with Crippen LogP contribution >= 0.6 is 23.2 Å². The molecule has 6 nitrogen and oxygen atoms in total. The Morgan fingerprint density at radius 2 is 1.91 bits per heavy atom. The lowest BCUT2D eigenvalue weighted by Gasteiger charge is -2.18. The van der Waals surface area contributed by atoms with Gasteiger partial charge in [0.15, 0.2) is 11.9 Å². The van der Waals surface area contributed by atoms with Crippen molar-refractivity contribution in [1.29, 1.82) is 0 Å². The van der Waals surface area contributed by atoms with Gasteiger partial charge in [-0.25, -0.2) is 0 Å². The zero-order valence-electron chi connectivity index (χ0n) is 12.4. The van der Waals surface area contributed by atoms with Gasteiger partial charge in [0.25, 0.3) is 5.91 Å². The number of carbonyl (C=O) groups excluding carboxylic acids is 1. The van der Waals surface area contributed by atoms with E-state index in [1.807, 2.05) is 14.0 Å². The highest BCUT2D eigenvalue weighted by molar-refractivity contribution is 6.34. The summed E-state index contributed by atoms with van der Waals surface area (Å²) in [4.78, 5) is 12.2. The van der Waals surface area contributed by atoms with Gasteiger partial charge in [0, 0.05) is 17.1 Å².